The number of nitrogens with zero attached hydrogens (tertiary/aromatic N) is 1. The highest BCUT2D eigenvalue weighted by atomic mass is 19.1. The summed E-state index contributed by atoms with van der Waals surface area (Å²) in [5, 5.41) is 8.88. The van der Waals surface area contributed by atoms with Crippen molar-refractivity contribution in [3.63, 3.8) is 0 Å². The minimum absolute atomic E-state index is 0.0501. The average molecular weight is 262 g/mol. The van der Waals surface area contributed by atoms with Gasteiger partial charge in [-0.05, 0) is 30.2 Å². The van der Waals surface area contributed by atoms with E-state index in [2.05, 4.69) is 4.98 Å². The summed E-state index contributed by atoms with van der Waals surface area (Å²) in [7, 11) is 0. The Hall–Kier alpha value is -1.98. The van der Waals surface area contributed by atoms with Gasteiger partial charge >= 0.3 is 0 Å². The molecule has 0 saturated heterocycles. The third-order valence-electron chi connectivity index (χ3n) is 2.57. The summed E-state index contributed by atoms with van der Waals surface area (Å²) in [4.78, 5) is 3.61. The molecule has 0 amide bonds. The van der Waals surface area contributed by atoms with Gasteiger partial charge in [0.05, 0.1) is 6.61 Å². The quantitative estimate of drug-likeness (QED) is 0.807. The lowest BCUT2D eigenvalue weighted by Crippen LogP contribution is -2.26. The van der Waals surface area contributed by atoms with Crippen molar-refractivity contribution in [3.8, 4) is 11.6 Å². The fraction of sp³-hybridized carbons (Fsp3) is 0.214. The highest BCUT2D eigenvalue weighted by Crippen LogP contribution is 2.20. The number of benzene rings is 1. The van der Waals surface area contributed by atoms with Crippen LogP contribution in [0.4, 0.5) is 4.39 Å². The number of ether oxygens (including phenoxy) is 1. The number of halogens is 1. The maximum absolute atomic E-state index is 12.9. The van der Waals surface area contributed by atoms with Crippen LogP contribution in [0.5, 0.6) is 11.6 Å². The Labute approximate surface area is 110 Å². The van der Waals surface area contributed by atoms with Gasteiger partial charge < -0.3 is 15.6 Å². The molecule has 0 aliphatic rings. The maximum Gasteiger partial charge on any atom is 0.221 e. The maximum atomic E-state index is 12.9. The number of hydrogen-bond donors (Lipinski definition) is 2. The number of rotatable bonds is 5. The molecule has 0 radical (unpaired) electrons. The third kappa shape index (κ3) is 4.01. The van der Waals surface area contributed by atoms with E-state index in [1.807, 2.05) is 12.1 Å². The summed E-state index contributed by atoms with van der Waals surface area (Å²) in [6.45, 7) is -0.0501. The summed E-state index contributed by atoms with van der Waals surface area (Å²) >= 11 is 0. The molecular formula is C14H15FN2O2. The highest BCUT2D eigenvalue weighted by molar-refractivity contribution is 5.30. The van der Waals surface area contributed by atoms with E-state index in [0.717, 1.165) is 5.56 Å². The highest BCUT2D eigenvalue weighted by Gasteiger charge is 2.04. The predicted molar refractivity (Wildman–Crippen MR) is 69.5 cm³/mol. The summed E-state index contributed by atoms with van der Waals surface area (Å²) in [6, 6.07) is 11.3. The Balaban J connectivity index is 2.02. The van der Waals surface area contributed by atoms with E-state index in [4.69, 9.17) is 15.6 Å². The molecule has 2 rings (SSSR count). The van der Waals surface area contributed by atoms with Gasteiger partial charge in [0.1, 0.15) is 5.75 Å². The van der Waals surface area contributed by atoms with Crippen molar-refractivity contribution < 1.29 is 14.2 Å². The molecule has 0 fully saturated rings. The van der Waals surface area contributed by atoms with E-state index in [9.17, 15) is 4.39 Å². The van der Waals surface area contributed by atoms with E-state index in [-0.39, 0.29) is 18.5 Å². The van der Waals surface area contributed by atoms with Crippen LogP contribution in [-0.2, 0) is 6.42 Å². The first-order chi connectivity index (χ1) is 9.17. The second-order valence-electron chi connectivity index (χ2n) is 4.19. The van der Waals surface area contributed by atoms with Crippen LogP contribution >= 0.6 is 0 Å². The van der Waals surface area contributed by atoms with E-state index >= 15 is 0 Å². The van der Waals surface area contributed by atoms with Crippen LogP contribution in [0.3, 0.4) is 0 Å². The van der Waals surface area contributed by atoms with Crippen LogP contribution in [-0.4, -0.2) is 22.7 Å². The molecule has 4 nitrogen and oxygen atoms in total. The lowest BCUT2D eigenvalue weighted by molar-refractivity contribution is 0.265. The van der Waals surface area contributed by atoms with Gasteiger partial charge in [0.15, 0.2) is 0 Å². The molecule has 1 atom stereocenters. The number of pyridine rings is 1. The number of aliphatic hydroxyl groups is 1. The molecule has 0 bridgehead atoms. The number of aromatic nitrogens is 1. The number of hydrogen-bond acceptors (Lipinski definition) is 4. The lowest BCUT2D eigenvalue weighted by Gasteiger charge is -2.09. The molecule has 1 heterocycles. The Bertz CT molecular complexity index is 531. The van der Waals surface area contributed by atoms with Crippen molar-refractivity contribution in [2.75, 3.05) is 6.61 Å². The first-order valence-corrected chi connectivity index (χ1v) is 5.93. The van der Waals surface area contributed by atoms with Crippen LogP contribution in [0.2, 0.25) is 0 Å². The molecule has 1 aromatic carbocycles. The summed E-state index contributed by atoms with van der Waals surface area (Å²) in [5.41, 5.74) is 6.65. The average Bonchev–Trinajstić information content (AvgIpc) is 2.41. The van der Waals surface area contributed by atoms with Crippen molar-refractivity contribution in [1.29, 1.82) is 0 Å². The van der Waals surface area contributed by atoms with Gasteiger partial charge in [0, 0.05) is 12.1 Å². The molecule has 0 saturated carbocycles. The standard InChI is InChI=1S/C14H15FN2O2/c15-13-2-1-3-14(17-13)19-12-6-4-10(5-7-12)8-11(16)9-18/h1-7,11,18H,8-9,16H2. The second-order valence-corrected chi connectivity index (χ2v) is 4.19. The van der Waals surface area contributed by atoms with Crippen molar-refractivity contribution in [2.24, 2.45) is 5.73 Å². The van der Waals surface area contributed by atoms with Crippen LogP contribution in [0.25, 0.3) is 0 Å². The van der Waals surface area contributed by atoms with Crippen molar-refractivity contribution in [1.82, 2.24) is 4.98 Å². The van der Waals surface area contributed by atoms with Crippen molar-refractivity contribution in [3.05, 3.63) is 54.0 Å². The third-order valence-corrected chi connectivity index (χ3v) is 2.57. The fourth-order valence-corrected chi connectivity index (χ4v) is 1.63. The molecule has 0 spiro atoms. The smallest absolute Gasteiger partial charge is 0.221 e. The van der Waals surface area contributed by atoms with Gasteiger partial charge in [0.2, 0.25) is 11.8 Å². The van der Waals surface area contributed by atoms with E-state index in [1.54, 1.807) is 18.2 Å². The largest absolute Gasteiger partial charge is 0.439 e. The molecule has 1 unspecified atom stereocenters. The summed E-state index contributed by atoms with van der Waals surface area (Å²) < 4.78 is 18.3. The van der Waals surface area contributed by atoms with Gasteiger partial charge in [-0.25, -0.2) is 0 Å². The Kier molecular flexibility index (Phi) is 4.43. The number of nitrogens with two attached hydrogens (primary N) is 1. The van der Waals surface area contributed by atoms with E-state index in [0.29, 0.717) is 12.2 Å². The Morgan fingerprint density at radius 3 is 2.58 bits per heavy atom. The normalized spacial score (nSPS) is 12.2. The van der Waals surface area contributed by atoms with Crippen LogP contribution < -0.4 is 10.5 Å². The van der Waals surface area contributed by atoms with Crippen LogP contribution in [0, 0.1) is 5.95 Å². The van der Waals surface area contributed by atoms with Gasteiger partial charge in [-0.3, -0.25) is 0 Å². The minimum atomic E-state index is -0.581. The summed E-state index contributed by atoms with van der Waals surface area (Å²) in [6.07, 6.45) is 0.592. The molecule has 100 valence electrons. The first kappa shape index (κ1) is 13.5. The van der Waals surface area contributed by atoms with E-state index in [1.165, 1.54) is 12.1 Å². The van der Waals surface area contributed by atoms with Gasteiger partial charge in [-0.2, -0.15) is 9.37 Å². The molecular weight excluding hydrogens is 247 g/mol. The molecule has 3 N–H and O–H groups in total. The summed E-state index contributed by atoms with van der Waals surface area (Å²) in [5.74, 6) is 0.197. The van der Waals surface area contributed by atoms with E-state index < -0.39 is 5.95 Å². The SMILES string of the molecule is NC(CO)Cc1ccc(Oc2cccc(F)n2)cc1. The van der Waals surface area contributed by atoms with Crippen molar-refractivity contribution >= 4 is 0 Å². The zero-order valence-corrected chi connectivity index (χ0v) is 10.3. The minimum Gasteiger partial charge on any atom is -0.439 e. The molecule has 19 heavy (non-hydrogen) atoms. The molecule has 0 aliphatic carbocycles. The van der Waals surface area contributed by atoms with Gasteiger partial charge in [0.25, 0.3) is 0 Å². The van der Waals surface area contributed by atoms with Crippen LogP contribution in [0.15, 0.2) is 42.5 Å². The molecule has 2 aromatic rings. The number of aliphatic hydroxyl groups excluding tert-OH is 1. The van der Waals surface area contributed by atoms with Crippen LogP contribution in [0.1, 0.15) is 5.56 Å². The Morgan fingerprint density at radius 2 is 1.95 bits per heavy atom. The zero-order chi connectivity index (χ0) is 13.7. The van der Waals surface area contributed by atoms with Gasteiger partial charge in [-0.1, -0.05) is 18.2 Å². The lowest BCUT2D eigenvalue weighted by atomic mass is 10.1. The molecule has 0 aliphatic heterocycles. The molecule has 5 heteroatoms. The monoisotopic (exact) mass is 262 g/mol. The topological polar surface area (TPSA) is 68.4 Å². The van der Waals surface area contributed by atoms with Gasteiger partial charge in [-0.15, -0.1) is 0 Å². The Morgan fingerprint density at radius 1 is 1.21 bits per heavy atom. The zero-order valence-electron chi connectivity index (χ0n) is 10.3. The second kappa shape index (κ2) is 6.26. The predicted octanol–water partition coefficient (Wildman–Crippen LogP) is 1.88. The van der Waals surface area contributed by atoms with Crippen molar-refractivity contribution in [2.45, 2.75) is 12.5 Å². The first-order valence-electron chi connectivity index (χ1n) is 5.93. The molecule has 1 aromatic heterocycles. The fourth-order valence-electron chi connectivity index (χ4n) is 1.63.